The summed E-state index contributed by atoms with van der Waals surface area (Å²) in [5, 5.41) is 12.8. The van der Waals surface area contributed by atoms with Gasteiger partial charge in [-0.05, 0) is 53.6 Å². The third kappa shape index (κ3) is 2.81. The van der Waals surface area contributed by atoms with Crippen LogP contribution in [-0.4, -0.2) is 11.0 Å². The molecule has 0 aromatic heterocycles. The molecule has 146 valence electrons. The highest BCUT2D eigenvalue weighted by molar-refractivity contribution is 6.11. The van der Waals surface area contributed by atoms with Crippen molar-refractivity contribution < 1.29 is 14.6 Å². The number of carbonyl (C=O) groups excluding carboxylic acids is 1. The monoisotopic (exact) mass is 393 g/mol. The van der Waals surface area contributed by atoms with E-state index in [9.17, 15) is 9.90 Å². The Morgan fingerprint density at radius 2 is 1.23 bits per heavy atom. The second kappa shape index (κ2) is 7.08. The summed E-state index contributed by atoms with van der Waals surface area (Å²) in [5.74, 6) is 1.48. The van der Waals surface area contributed by atoms with Crippen LogP contribution in [0.5, 0.6) is 17.2 Å². The van der Waals surface area contributed by atoms with Crippen LogP contribution in [0.15, 0.2) is 103 Å². The van der Waals surface area contributed by atoms with E-state index in [0.717, 1.165) is 28.1 Å². The number of phenols is 1. The molecule has 2 N–H and O–H groups in total. The Morgan fingerprint density at radius 3 is 1.93 bits per heavy atom. The minimum atomic E-state index is -1.00. The lowest BCUT2D eigenvalue weighted by molar-refractivity contribution is -0.118. The number of aromatic hydroxyl groups is 1. The number of hydrogen-bond acceptors (Lipinski definition) is 3. The molecule has 1 aliphatic heterocycles. The molecule has 4 nitrogen and oxygen atoms in total. The Kier molecular flexibility index (Phi) is 4.25. The number of amides is 1. The Hall–Kier alpha value is -4.05. The summed E-state index contributed by atoms with van der Waals surface area (Å²) in [6.07, 6.45) is 0. The molecular weight excluding hydrogens is 374 g/mol. The van der Waals surface area contributed by atoms with Crippen LogP contribution in [0.1, 0.15) is 16.7 Å². The summed E-state index contributed by atoms with van der Waals surface area (Å²) in [4.78, 5) is 13.4. The summed E-state index contributed by atoms with van der Waals surface area (Å²) in [5.41, 5.74) is 2.29. The van der Waals surface area contributed by atoms with E-state index >= 15 is 0 Å². The van der Waals surface area contributed by atoms with E-state index < -0.39 is 5.41 Å². The van der Waals surface area contributed by atoms with E-state index in [1.807, 2.05) is 78.9 Å². The fourth-order valence-electron chi connectivity index (χ4n) is 4.11. The van der Waals surface area contributed by atoms with Gasteiger partial charge in [0.05, 0.1) is 0 Å². The molecule has 0 spiro atoms. The molecule has 30 heavy (non-hydrogen) atoms. The number of phenolic OH excluding ortho intramolecular Hbond substituents is 1. The van der Waals surface area contributed by atoms with E-state index in [0.29, 0.717) is 5.75 Å². The first-order chi connectivity index (χ1) is 14.7. The highest BCUT2D eigenvalue weighted by Gasteiger charge is 2.49. The van der Waals surface area contributed by atoms with Gasteiger partial charge in [0.2, 0.25) is 5.91 Å². The lowest BCUT2D eigenvalue weighted by atomic mass is 9.70. The van der Waals surface area contributed by atoms with Gasteiger partial charge in [-0.25, -0.2) is 0 Å². The minimum absolute atomic E-state index is 0.119. The van der Waals surface area contributed by atoms with E-state index in [1.165, 1.54) is 0 Å². The molecule has 1 unspecified atom stereocenters. The zero-order valence-corrected chi connectivity index (χ0v) is 16.1. The molecule has 0 saturated carbocycles. The van der Waals surface area contributed by atoms with Crippen molar-refractivity contribution in [2.24, 2.45) is 0 Å². The van der Waals surface area contributed by atoms with Crippen molar-refractivity contribution in [3.63, 3.8) is 0 Å². The summed E-state index contributed by atoms with van der Waals surface area (Å²) >= 11 is 0. The molecule has 1 atom stereocenters. The Balaban J connectivity index is 1.63. The van der Waals surface area contributed by atoms with Gasteiger partial charge in [-0.15, -0.1) is 0 Å². The third-order valence-corrected chi connectivity index (χ3v) is 5.49. The summed E-state index contributed by atoms with van der Waals surface area (Å²) in [6.45, 7) is 0. The van der Waals surface area contributed by atoms with Crippen LogP contribution in [0.25, 0.3) is 0 Å². The number of fused-ring (bicyclic) bond motifs is 1. The average molecular weight is 393 g/mol. The highest BCUT2D eigenvalue weighted by atomic mass is 16.5. The standard InChI is InChI=1S/C26H19NO3/c28-20-14-10-18(11-15-20)26(23-8-4-5-9-24(23)27-25(26)29)19-12-16-22(17-13-19)30-21-6-2-1-3-7-21/h1-17,28H,(H,27,29). The molecule has 4 heteroatoms. The summed E-state index contributed by atoms with van der Waals surface area (Å²) in [7, 11) is 0. The van der Waals surface area contributed by atoms with Crippen LogP contribution in [0.4, 0.5) is 5.69 Å². The van der Waals surface area contributed by atoms with Gasteiger partial charge in [0.1, 0.15) is 22.7 Å². The first-order valence-electron chi connectivity index (χ1n) is 9.72. The number of rotatable bonds is 4. The SMILES string of the molecule is O=C1Nc2ccccc2C1(c1ccc(O)cc1)c1ccc(Oc2ccccc2)cc1. The number of hydrogen-bond donors (Lipinski definition) is 2. The van der Waals surface area contributed by atoms with Gasteiger partial charge < -0.3 is 15.2 Å². The topological polar surface area (TPSA) is 58.6 Å². The second-order valence-electron chi connectivity index (χ2n) is 7.24. The van der Waals surface area contributed by atoms with Gasteiger partial charge in [-0.3, -0.25) is 4.79 Å². The molecule has 1 aliphatic rings. The molecule has 0 radical (unpaired) electrons. The van der Waals surface area contributed by atoms with Crippen LogP contribution < -0.4 is 10.1 Å². The lowest BCUT2D eigenvalue weighted by Gasteiger charge is -2.29. The Morgan fingerprint density at radius 1 is 0.667 bits per heavy atom. The predicted molar refractivity (Wildman–Crippen MR) is 116 cm³/mol. The number of benzene rings is 4. The first-order valence-corrected chi connectivity index (χ1v) is 9.72. The first kappa shape index (κ1) is 18.0. The fraction of sp³-hybridized carbons (Fsp3) is 0.0385. The van der Waals surface area contributed by atoms with E-state index in [1.54, 1.807) is 24.3 Å². The zero-order valence-electron chi connectivity index (χ0n) is 16.1. The Bertz CT molecular complexity index is 1200. The maximum absolute atomic E-state index is 13.4. The van der Waals surface area contributed by atoms with Gasteiger partial charge in [-0.1, -0.05) is 60.7 Å². The molecule has 5 rings (SSSR count). The van der Waals surface area contributed by atoms with Crippen LogP contribution in [0, 0.1) is 0 Å². The van der Waals surface area contributed by atoms with Crippen LogP contribution >= 0.6 is 0 Å². The quantitative estimate of drug-likeness (QED) is 0.483. The minimum Gasteiger partial charge on any atom is -0.508 e. The number of nitrogens with one attached hydrogen (secondary N) is 1. The van der Waals surface area contributed by atoms with Crippen molar-refractivity contribution in [3.8, 4) is 17.2 Å². The van der Waals surface area contributed by atoms with Crippen LogP contribution in [0.3, 0.4) is 0 Å². The summed E-state index contributed by atoms with van der Waals surface area (Å²) in [6, 6.07) is 31.7. The zero-order chi connectivity index (χ0) is 20.6. The average Bonchev–Trinajstić information content (AvgIpc) is 3.08. The smallest absolute Gasteiger partial charge is 0.244 e. The van der Waals surface area contributed by atoms with Gasteiger partial charge in [0.25, 0.3) is 0 Å². The largest absolute Gasteiger partial charge is 0.508 e. The number of carbonyl (C=O) groups is 1. The molecule has 0 aliphatic carbocycles. The van der Waals surface area contributed by atoms with Crippen molar-refractivity contribution in [2.45, 2.75) is 5.41 Å². The van der Waals surface area contributed by atoms with Gasteiger partial charge in [0, 0.05) is 11.3 Å². The molecule has 4 aromatic rings. The van der Waals surface area contributed by atoms with Crippen molar-refractivity contribution in [3.05, 3.63) is 120 Å². The maximum atomic E-state index is 13.4. The number of para-hydroxylation sites is 2. The second-order valence-corrected chi connectivity index (χ2v) is 7.24. The number of anilines is 1. The summed E-state index contributed by atoms with van der Waals surface area (Å²) < 4.78 is 5.91. The molecule has 1 heterocycles. The lowest BCUT2D eigenvalue weighted by Crippen LogP contribution is -2.36. The third-order valence-electron chi connectivity index (χ3n) is 5.49. The van der Waals surface area contributed by atoms with Crippen molar-refractivity contribution >= 4 is 11.6 Å². The molecular formula is C26H19NO3. The molecule has 0 saturated heterocycles. The predicted octanol–water partition coefficient (Wildman–Crippen LogP) is 5.47. The van der Waals surface area contributed by atoms with Gasteiger partial charge in [0.15, 0.2) is 0 Å². The molecule has 4 aromatic carbocycles. The van der Waals surface area contributed by atoms with Gasteiger partial charge >= 0.3 is 0 Å². The van der Waals surface area contributed by atoms with Crippen molar-refractivity contribution in [1.82, 2.24) is 0 Å². The highest BCUT2D eigenvalue weighted by Crippen LogP contribution is 2.48. The van der Waals surface area contributed by atoms with E-state index in [2.05, 4.69) is 5.32 Å². The van der Waals surface area contributed by atoms with Gasteiger partial charge in [-0.2, -0.15) is 0 Å². The molecule has 0 bridgehead atoms. The van der Waals surface area contributed by atoms with E-state index in [-0.39, 0.29) is 11.7 Å². The molecule has 1 amide bonds. The number of ether oxygens (including phenoxy) is 1. The Labute approximate surface area is 174 Å². The fourth-order valence-corrected chi connectivity index (χ4v) is 4.11. The van der Waals surface area contributed by atoms with Crippen molar-refractivity contribution in [2.75, 3.05) is 5.32 Å². The van der Waals surface area contributed by atoms with Crippen LogP contribution in [0.2, 0.25) is 0 Å². The van der Waals surface area contributed by atoms with Crippen LogP contribution in [-0.2, 0) is 10.2 Å². The van der Waals surface area contributed by atoms with E-state index in [4.69, 9.17) is 4.74 Å². The maximum Gasteiger partial charge on any atom is 0.244 e. The molecule has 0 fully saturated rings. The van der Waals surface area contributed by atoms with Crippen molar-refractivity contribution in [1.29, 1.82) is 0 Å². The normalized spacial score (nSPS) is 17.3.